The van der Waals surface area contributed by atoms with Crippen LogP contribution in [-0.4, -0.2) is 25.2 Å². The smallest absolute Gasteiger partial charge is 0.199 e. The lowest BCUT2D eigenvalue weighted by atomic mass is 10.2. The highest BCUT2D eigenvalue weighted by molar-refractivity contribution is 5.94. The van der Waals surface area contributed by atoms with Crippen LogP contribution in [0.15, 0.2) is 35.7 Å². The number of hydrogen-bond acceptors (Lipinski definition) is 7. The van der Waals surface area contributed by atoms with Crippen LogP contribution in [0, 0.1) is 5.53 Å². The van der Waals surface area contributed by atoms with Crippen LogP contribution in [0.5, 0.6) is 11.8 Å². The standard InChI is InChI=1S/C12H10N6O2/c13-18-10-5-14-4-9(16-10)15-6-1-2-7-8(3-6)12(20)17-11(7)19/h1-5,13,17,19-20H,(H,15,16). The third kappa shape index (κ3) is 1.99. The first-order chi connectivity index (χ1) is 9.67. The number of H-pyrrole nitrogens is 1. The molecule has 20 heavy (non-hydrogen) atoms. The van der Waals surface area contributed by atoms with Gasteiger partial charge in [0, 0.05) is 16.5 Å². The molecule has 0 aliphatic heterocycles. The van der Waals surface area contributed by atoms with Crippen molar-refractivity contribution in [3.05, 3.63) is 30.6 Å². The third-order valence-corrected chi connectivity index (χ3v) is 2.78. The predicted octanol–water partition coefficient (Wildman–Crippen LogP) is 2.78. The maximum atomic E-state index is 9.65. The Morgan fingerprint density at radius 1 is 1.15 bits per heavy atom. The predicted molar refractivity (Wildman–Crippen MR) is 71.8 cm³/mol. The highest BCUT2D eigenvalue weighted by atomic mass is 16.3. The van der Waals surface area contributed by atoms with Gasteiger partial charge in [0.15, 0.2) is 23.4 Å². The Morgan fingerprint density at radius 2 is 1.95 bits per heavy atom. The number of rotatable bonds is 3. The first-order valence-corrected chi connectivity index (χ1v) is 5.67. The summed E-state index contributed by atoms with van der Waals surface area (Å²) in [4.78, 5) is 10.4. The second kappa shape index (κ2) is 4.50. The summed E-state index contributed by atoms with van der Waals surface area (Å²) in [6, 6.07) is 5.05. The Bertz CT molecular complexity index is 798. The molecule has 0 saturated carbocycles. The molecule has 3 aromatic rings. The molecule has 2 heterocycles. The highest BCUT2D eigenvalue weighted by Crippen LogP contribution is 2.34. The van der Waals surface area contributed by atoms with E-state index in [9.17, 15) is 10.2 Å². The SMILES string of the molecule is N=Nc1cncc(Nc2ccc3c(O)[nH]c(O)c3c2)n1. The largest absolute Gasteiger partial charge is 0.494 e. The number of aromatic amines is 1. The summed E-state index contributed by atoms with van der Waals surface area (Å²) in [5.74, 6) is 0.427. The Morgan fingerprint density at radius 3 is 2.75 bits per heavy atom. The van der Waals surface area contributed by atoms with Crippen LogP contribution in [0.4, 0.5) is 17.3 Å². The van der Waals surface area contributed by atoms with Crippen LogP contribution >= 0.6 is 0 Å². The van der Waals surface area contributed by atoms with Gasteiger partial charge in [0.25, 0.3) is 0 Å². The molecule has 8 heteroatoms. The summed E-state index contributed by atoms with van der Waals surface area (Å²) >= 11 is 0. The van der Waals surface area contributed by atoms with Crippen molar-refractivity contribution in [3.8, 4) is 11.8 Å². The summed E-state index contributed by atoms with van der Waals surface area (Å²) in [6.07, 6.45) is 2.87. The topological polar surface area (TPSA) is 130 Å². The van der Waals surface area contributed by atoms with Gasteiger partial charge >= 0.3 is 0 Å². The van der Waals surface area contributed by atoms with Gasteiger partial charge in [-0.2, -0.15) is 0 Å². The van der Waals surface area contributed by atoms with Gasteiger partial charge in [-0.3, -0.25) is 9.97 Å². The number of aromatic hydroxyl groups is 2. The molecule has 0 radical (unpaired) electrons. The Kier molecular flexibility index (Phi) is 2.68. The number of nitrogens with zero attached hydrogens (tertiary/aromatic N) is 3. The minimum absolute atomic E-state index is 0.0844. The van der Waals surface area contributed by atoms with Gasteiger partial charge in [0.2, 0.25) is 0 Å². The summed E-state index contributed by atoms with van der Waals surface area (Å²) in [6.45, 7) is 0. The number of nitrogens with one attached hydrogen (secondary N) is 3. The molecule has 0 saturated heterocycles. The van der Waals surface area contributed by atoms with Gasteiger partial charge in [-0.25, -0.2) is 10.5 Å². The Balaban J connectivity index is 1.98. The van der Waals surface area contributed by atoms with Gasteiger partial charge in [0.1, 0.15) is 0 Å². The van der Waals surface area contributed by atoms with Crippen molar-refractivity contribution in [1.29, 1.82) is 5.53 Å². The van der Waals surface area contributed by atoms with E-state index in [4.69, 9.17) is 5.53 Å². The summed E-state index contributed by atoms with van der Waals surface area (Å²) < 4.78 is 0. The fraction of sp³-hybridized carbons (Fsp3) is 0. The molecule has 3 rings (SSSR count). The van der Waals surface area contributed by atoms with Crippen molar-refractivity contribution in [2.45, 2.75) is 0 Å². The van der Waals surface area contributed by atoms with Crippen LogP contribution in [0.1, 0.15) is 0 Å². The fourth-order valence-corrected chi connectivity index (χ4v) is 1.89. The first-order valence-electron chi connectivity index (χ1n) is 5.67. The lowest BCUT2D eigenvalue weighted by molar-refractivity contribution is 0.429. The minimum atomic E-state index is -0.109. The van der Waals surface area contributed by atoms with E-state index in [1.54, 1.807) is 18.2 Å². The van der Waals surface area contributed by atoms with E-state index >= 15 is 0 Å². The van der Waals surface area contributed by atoms with E-state index < -0.39 is 0 Å². The Hall–Kier alpha value is -3.16. The zero-order chi connectivity index (χ0) is 14.1. The average molecular weight is 270 g/mol. The number of hydrogen-bond donors (Lipinski definition) is 5. The lowest BCUT2D eigenvalue weighted by Gasteiger charge is -2.05. The minimum Gasteiger partial charge on any atom is -0.494 e. The second-order valence-electron chi connectivity index (χ2n) is 4.08. The number of aromatic nitrogens is 3. The van der Waals surface area contributed by atoms with Gasteiger partial charge in [0.05, 0.1) is 12.4 Å². The van der Waals surface area contributed by atoms with E-state index in [1.807, 2.05) is 0 Å². The molecule has 0 atom stereocenters. The summed E-state index contributed by atoms with van der Waals surface area (Å²) in [5, 5.41) is 26.4. The maximum absolute atomic E-state index is 9.65. The average Bonchev–Trinajstić information content (AvgIpc) is 2.74. The van der Waals surface area contributed by atoms with Crippen molar-refractivity contribution >= 4 is 28.1 Å². The van der Waals surface area contributed by atoms with Gasteiger partial charge in [-0.15, -0.1) is 5.11 Å². The van der Waals surface area contributed by atoms with Crippen LogP contribution < -0.4 is 5.32 Å². The molecule has 0 aliphatic carbocycles. The zero-order valence-corrected chi connectivity index (χ0v) is 10.1. The fourth-order valence-electron chi connectivity index (χ4n) is 1.89. The molecule has 0 aliphatic rings. The maximum Gasteiger partial charge on any atom is 0.199 e. The molecule has 1 aromatic carbocycles. The van der Waals surface area contributed by atoms with E-state index in [-0.39, 0.29) is 17.6 Å². The Labute approximate surface area is 112 Å². The van der Waals surface area contributed by atoms with Crippen molar-refractivity contribution in [2.75, 3.05) is 5.32 Å². The zero-order valence-electron chi connectivity index (χ0n) is 10.1. The molecule has 8 nitrogen and oxygen atoms in total. The van der Waals surface area contributed by atoms with E-state index in [0.717, 1.165) is 0 Å². The molecule has 100 valence electrons. The van der Waals surface area contributed by atoms with Crippen molar-refractivity contribution in [2.24, 2.45) is 5.11 Å². The molecular formula is C12H10N6O2. The highest BCUT2D eigenvalue weighted by Gasteiger charge is 2.09. The molecule has 0 amide bonds. The number of fused-ring (bicyclic) bond motifs is 1. The van der Waals surface area contributed by atoms with Gasteiger partial charge in [-0.1, -0.05) is 0 Å². The molecular weight excluding hydrogens is 260 g/mol. The molecule has 2 aromatic heterocycles. The van der Waals surface area contributed by atoms with Crippen molar-refractivity contribution in [1.82, 2.24) is 15.0 Å². The quantitative estimate of drug-likeness (QED) is 0.467. The second-order valence-corrected chi connectivity index (χ2v) is 4.08. The molecule has 0 unspecified atom stereocenters. The molecule has 5 N–H and O–H groups in total. The monoisotopic (exact) mass is 270 g/mol. The van der Waals surface area contributed by atoms with Crippen molar-refractivity contribution < 1.29 is 10.2 Å². The van der Waals surface area contributed by atoms with Crippen LogP contribution in [-0.2, 0) is 0 Å². The molecule has 0 fully saturated rings. The first kappa shape index (κ1) is 11.9. The van der Waals surface area contributed by atoms with E-state index in [0.29, 0.717) is 22.3 Å². The number of anilines is 2. The lowest BCUT2D eigenvalue weighted by Crippen LogP contribution is -1.93. The summed E-state index contributed by atoms with van der Waals surface area (Å²) in [5.41, 5.74) is 7.54. The molecule has 0 spiro atoms. The van der Waals surface area contributed by atoms with Crippen LogP contribution in [0.3, 0.4) is 0 Å². The normalized spacial score (nSPS) is 10.6. The van der Waals surface area contributed by atoms with E-state index in [2.05, 4.69) is 25.4 Å². The number of benzene rings is 1. The van der Waals surface area contributed by atoms with Crippen LogP contribution in [0.25, 0.3) is 10.8 Å². The third-order valence-electron chi connectivity index (χ3n) is 2.78. The van der Waals surface area contributed by atoms with Crippen LogP contribution in [0.2, 0.25) is 0 Å². The van der Waals surface area contributed by atoms with Gasteiger partial charge < -0.3 is 15.5 Å². The van der Waals surface area contributed by atoms with Crippen molar-refractivity contribution in [3.63, 3.8) is 0 Å². The van der Waals surface area contributed by atoms with Gasteiger partial charge in [-0.05, 0) is 18.2 Å². The summed E-state index contributed by atoms with van der Waals surface area (Å²) in [7, 11) is 0. The van der Waals surface area contributed by atoms with E-state index in [1.165, 1.54) is 12.4 Å². The molecule has 0 bridgehead atoms.